The Hall–Kier alpha value is -0.370. The van der Waals surface area contributed by atoms with Crippen LogP contribution in [-0.4, -0.2) is 9.81 Å². The van der Waals surface area contributed by atoms with Crippen LogP contribution in [0.15, 0.2) is 18.3 Å². The molecule has 0 aromatic carbocycles. The molecule has 1 nitrogen and oxygen atoms in total. The van der Waals surface area contributed by atoms with Gasteiger partial charge >= 0.3 is 0 Å². The van der Waals surface area contributed by atoms with Crippen LogP contribution in [0.1, 0.15) is 56.2 Å². The molecule has 0 N–H and O–H groups in total. The molecule has 2 heteroatoms. The highest BCUT2D eigenvalue weighted by Gasteiger charge is 2.20. The molecular weight excluding hydrogens is 286 g/mol. The predicted octanol–water partition coefficient (Wildman–Crippen LogP) is 5.06. The van der Waals surface area contributed by atoms with Gasteiger partial charge in [0.15, 0.2) is 0 Å². The summed E-state index contributed by atoms with van der Waals surface area (Å²) >= 11 is 3.93. The van der Waals surface area contributed by atoms with Crippen LogP contribution in [0.5, 0.6) is 0 Å². The van der Waals surface area contributed by atoms with E-state index < -0.39 is 0 Å². The number of nitrogens with zero attached hydrogens (tertiary/aromatic N) is 1. The van der Waals surface area contributed by atoms with E-state index in [1.807, 2.05) is 12.3 Å². The van der Waals surface area contributed by atoms with Gasteiger partial charge in [-0.3, -0.25) is 4.98 Å². The second kappa shape index (κ2) is 7.28. The molecule has 0 spiro atoms. The van der Waals surface area contributed by atoms with Crippen molar-refractivity contribution in [2.45, 2.75) is 63.1 Å². The lowest BCUT2D eigenvalue weighted by atomic mass is 9.87. The molecule has 1 saturated carbocycles. The second-order valence-corrected chi connectivity index (χ2v) is 6.77. The lowest BCUT2D eigenvalue weighted by molar-refractivity contribution is 0.369. The SMILES string of the molecule is Cc1cccnc1CC(Br)C1CCCCCCC1. The molecule has 0 radical (unpaired) electrons. The topological polar surface area (TPSA) is 12.9 Å². The van der Waals surface area contributed by atoms with Gasteiger partial charge in [0.2, 0.25) is 0 Å². The zero-order valence-corrected chi connectivity index (χ0v) is 13.0. The van der Waals surface area contributed by atoms with E-state index in [-0.39, 0.29) is 0 Å². The highest BCUT2D eigenvalue weighted by Crippen LogP contribution is 2.30. The maximum Gasteiger partial charge on any atom is 0.0443 e. The van der Waals surface area contributed by atoms with Gasteiger partial charge in [-0.1, -0.05) is 54.1 Å². The maximum absolute atomic E-state index is 4.53. The van der Waals surface area contributed by atoms with Crippen LogP contribution >= 0.6 is 15.9 Å². The summed E-state index contributed by atoms with van der Waals surface area (Å²) in [6.45, 7) is 2.17. The molecule has 1 aromatic rings. The first-order chi connectivity index (χ1) is 8.77. The van der Waals surface area contributed by atoms with Crippen LogP contribution in [-0.2, 0) is 6.42 Å². The van der Waals surface area contributed by atoms with Gasteiger partial charge < -0.3 is 0 Å². The van der Waals surface area contributed by atoms with Crippen LogP contribution in [0.3, 0.4) is 0 Å². The average molecular weight is 310 g/mol. The monoisotopic (exact) mass is 309 g/mol. The Morgan fingerprint density at radius 2 is 1.89 bits per heavy atom. The molecule has 2 rings (SSSR count). The number of alkyl halides is 1. The lowest BCUT2D eigenvalue weighted by Gasteiger charge is -2.24. The van der Waals surface area contributed by atoms with Crippen molar-refractivity contribution >= 4 is 15.9 Å². The summed E-state index contributed by atoms with van der Waals surface area (Å²) in [5.74, 6) is 0.840. The molecule has 0 saturated heterocycles. The van der Waals surface area contributed by atoms with E-state index in [1.165, 1.54) is 56.2 Å². The molecule has 0 amide bonds. The predicted molar refractivity (Wildman–Crippen MR) is 81.2 cm³/mol. The average Bonchev–Trinajstić information content (AvgIpc) is 2.31. The summed E-state index contributed by atoms with van der Waals surface area (Å²) in [4.78, 5) is 5.13. The molecule has 0 bridgehead atoms. The van der Waals surface area contributed by atoms with Gasteiger partial charge in [-0.2, -0.15) is 0 Å². The third-order valence-electron chi connectivity index (χ3n) is 4.17. The summed E-state index contributed by atoms with van der Waals surface area (Å²) in [5, 5.41) is 0. The number of pyridine rings is 1. The Labute approximate surface area is 120 Å². The zero-order valence-electron chi connectivity index (χ0n) is 11.4. The fourth-order valence-corrected chi connectivity index (χ4v) is 3.77. The van der Waals surface area contributed by atoms with Gasteiger partial charge in [0.1, 0.15) is 0 Å². The highest BCUT2D eigenvalue weighted by atomic mass is 79.9. The van der Waals surface area contributed by atoms with Gasteiger partial charge in [-0.15, -0.1) is 0 Å². The molecule has 1 atom stereocenters. The number of hydrogen-bond donors (Lipinski definition) is 0. The normalized spacial score (nSPS) is 20.1. The first kappa shape index (κ1) is 14.0. The maximum atomic E-state index is 4.53. The Bertz CT molecular complexity index is 356. The van der Waals surface area contributed by atoms with Crippen LogP contribution in [0.2, 0.25) is 0 Å². The second-order valence-electron chi connectivity index (χ2n) is 5.59. The summed E-state index contributed by atoms with van der Waals surface area (Å²) in [6.07, 6.45) is 12.9. The van der Waals surface area contributed by atoms with Crippen molar-refractivity contribution in [2.24, 2.45) is 5.92 Å². The van der Waals surface area contributed by atoms with Crippen molar-refractivity contribution in [3.05, 3.63) is 29.6 Å². The molecule has 1 heterocycles. The number of aryl methyl sites for hydroxylation is 1. The molecule has 1 aromatic heterocycles. The van der Waals surface area contributed by atoms with Gasteiger partial charge in [0.05, 0.1) is 0 Å². The smallest absolute Gasteiger partial charge is 0.0443 e. The molecule has 1 aliphatic rings. The third kappa shape index (κ3) is 4.08. The van der Waals surface area contributed by atoms with Crippen LogP contribution < -0.4 is 0 Å². The molecule has 1 fully saturated rings. The fraction of sp³-hybridized carbons (Fsp3) is 0.688. The highest BCUT2D eigenvalue weighted by molar-refractivity contribution is 9.09. The Kier molecular flexibility index (Phi) is 5.68. The molecule has 18 heavy (non-hydrogen) atoms. The third-order valence-corrected chi connectivity index (χ3v) is 5.24. The first-order valence-electron chi connectivity index (χ1n) is 7.32. The van der Waals surface area contributed by atoms with E-state index >= 15 is 0 Å². The van der Waals surface area contributed by atoms with Crippen molar-refractivity contribution in [1.82, 2.24) is 4.98 Å². The van der Waals surface area contributed by atoms with Crippen molar-refractivity contribution < 1.29 is 0 Å². The van der Waals surface area contributed by atoms with Gasteiger partial charge in [0, 0.05) is 23.1 Å². The summed E-state index contributed by atoms with van der Waals surface area (Å²) in [6, 6.07) is 4.19. The lowest BCUT2D eigenvalue weighted by Crippen LogP contribution is -2.19. The van der Waals surface area contributed by atoms with E-state index in [1.54, 1.807) is 0 Å². The standard InChI is InChI=1S/C16H24BrN/c1-13-8-7-11-18-16(13)12-15(17)14-9-5-3-2-4-6-10-14/h7-8,11,14-15H,2-6,9-10,12H2,1H3. The molecule has 100 valence electrons. The Morgan fingerprint density at radius 1 is 1.22 bits per heavy atom. The summed E-state index contributed by atoms with van der Waals surface area (Å²) in [5.41, 5.74) is 2.59. The van der Waals surface area contributed by atoms with Crippen molar-refractivity contribution in [1.29, 1.82) is 0 Å². The van der Waals surface area contributed by atoms with E-state index in [4.69, 9.17) is 0 Å². The van der Waals surface area contributed by atoms with E-state index in [2.05, 4.69) is 33.9 Å². The summed E-state index contributed by atoms with van der Waals surface area (Å²) < 4.78 is 0. The minimum absolute atomic E-state index is 0.601. The van der Waals surface area contributed by atoms with Crippen LogP contribution in [0.25, 0.3) is 0 Å². The number of halogens is 1. The Balaban J connectivity index is 1.93. The van der Waals surface area contributed by atoms with E-state index in [0.717, 1.165) is 12.3 Å². The van der Waals surface area contributed by atoms with Gasteiger partial charge in [-0.25, -0.2) is 0 Å². The zero-order chi connectivity index (χ0) is 12.8. The Morgan fingerprint density at radius 3 is 2.56 bits per heavy atom. The quantitative estimate of drug-likeness (QED) is 0.711. The van der Waals surface area contributed by atoms with Crippen LogP contribution in [0.4, 0.5) is 0 Å². The van der Waals surface area contributed by atoms with Crippen molar-refractivity contribution in [2.75, 3.05) is 0 Å². The molecule has 0 aliphatic heterocycles. The number of rotatable bonds is 3. The number of aromatic nitrogens is 1. The van der Waals surface area contributed by atoms with E-state index in [9.17, 15) is 0 Å². The minimum atomic E-state index is 0.601. The fourth-order valence-electron chi connectivity index (χ4n) is 2.93. The first-order valence-corrected chi connectivity index (χ1v) is 8.23. The van der Waals surface area contributed by atoms with Crippen molar-refractivity contribution in [3.63, 3.8) is 0 Å². The largest absolute Gasteiger partial charge is 0.261 e. The molecule has 1 aliphatic carbocycles. The van der Waals surface area contributed by atoms with Gasteiger partial charge in [0.25, 0.3) is 0 Å². The molecule has 1 unspecified atom stereocenters. The minimum Gasteiger partial charge on any atom is -0.261 e. The van der Waals surface area contributed by atoms with Crippen molar-refractivity contribution in [3.8, 4) is 0 Å². The van der Waals surface area contributed by atoms with Gasteiger partial charge in [-0.05, 0) is 37.3 Å². The summed E-state index contributed by atoms with van der Waals surface area (Å²) in [7, 11) is 0. The molecular formula is C16H24BrN. The number of hydrogen-bond acceptors (Lipinski definition) is 1. The van der Waals surface area contributed by atoms with E-state index in [0.29, 0.717) is 4.83 Å². The van der Waals surface area contributed by atoms with Crippen LogP contribution in [0, 0.1) is 12.8 Å².